The second kappa shape index (κ2) is 10.3. The number of hydrogen-bond acceptors (Lipinski definition) is 4. The zero-order chi connectivity index (χ0) is 24.2. The van der Waals surface area contributed by atoms with Crippen LogP contribution in [0.1, 0.15) is 88.5 Å². The SMILES string of the molecule is CCC(CC/C(=C\C(=O)OC(C)(C)C)O[Si](C)(C)C(C)(C)C)O[Si](C)(C)C(C)(C)C. The van der Waals surface area contributed by atoms with E-state index in [1.54, 1.807) is 6.08 Å². The Kier molecular flexibility index (Phi) is 10.1. The van der Waals surface area contributed by atoms with Crippen molar-refractivity contribution in [3.05, 3.63) is 11.8 Å². The van der Waals surface area contributed by atoms with Crippen LogP contribution in [0.25, 0.3) is 0 Å². The maximum absolute atomic E-state index is 12.5. The molecule has 4 nitrogen and oxygen atoms in total. The van der Waals surface area contributed by atoms with Gasteiger partial charge in [-0.25, -0.2) is 4.79 Å². The number of esters is 1. The Labute approximate surface area is 189 Å². The first kappa shape index (κ1) is 29.4. The zero-order valence-electron chi connectivity index (χ0n) is 22.4. The summed E-state index contributed by atoms with van der Waals surface area (Å²) in [6.07, 6.45) is 4.19. The van der Waals surface area contributed by atoms with Crippen molar-refractivity contribution in [1.82, 2.24) is 0 Å². The Morgan fingerprint density at radius 1 is 0.867 bits per heavy atom. The van der Waals surface area contributed by atoms with E-state index in [2.05, 4.69) is 74.7 Å². The maximum Gasteiger partial charge on any atom is 0.334 e. The molecule has 0 aromatic heterocycles. The van der Waals surface area contributed by atoms with E-state index in [0.717, 1.165) is 18.6 Å². The molecular weight excluding hydrogens is 408 g/mol. The molecule has 0 rings (SSSR count). The number of carbonyl (C=O) groups is 1. The first-order valence-corrected chi connectivity index (χ1v) is 17.2. The molecule has 0 aromatic carbocycles. The van der Waals surface area contributed by atoms with Gasteiger partial charge in [0.1, 0.15) is 5.60 Å². The molecule has 1 unspecified atom stereocenters. The van der Waals surface area contributed by atoms with E-state index >= 15 is 0 Å². The molecule has 0 bridgehead atoms. The molecule has 0 spiro atoms. The molecule has 0 aliphatic heterocycles. The van der Waals surface area contributed by atoms with Crippen LogP contribution in [-0.4, -0.2) is 34.3 Å². The van der Waals surface area contributed by atoms with Crippen LogP contribution >= 0.6 is 0 Å². The Bertz CT molecular complexity index is 588. The minimum Gasteiger partial charge on any atom is -0.546 e. The topological polar surface area (TPSA) is 44.8 Å². The van der Waals surface area contributed by atoms with E-state index in [0.29, 0.717) is 6.42 Å². The molecule has 6 heteroatoms. The van der Waals surface area contributed by atoms with Crippen molar-refractivity contribution in [2.24, 2.45) is 0 Å². The summed E-state index contributed by atoms with van der Waals surface area (Å²) in [6.45, 7) is 30.2. The van der Waals surface area contributed by atoms with E-state index in [4.69, 9.17) is 13.6 Å². The number of hydrogen-bond donors (Lipinski definition) is 0. The van der Waals surface area contributed by atoms with Gasteiger partial charge in [0.15, 0.2) is 8.32 Å². The summed E-state index contributed by atoms with van der Waals surface area (Å²) >= 11 is 0. The molecule has 0 fully saturated rings. The maximum atomic E-state index is 12.5. The molecule has 0 aliphatic rings. The third-order valence-electron chi connectivity index (χ3n) is 6.31. The van der Waals surface area contributed by atoms with Gasteiger partial charge in [0.2, 0.25) is 8.32 Å². The molecule has 0 aromatic rings. The highest BCUT2D eigenvalue weighted by atomic mass is 28.4. The van der Waals surface area contributed by atoms with E-state index in [1.807, 2.05) is 20.8 Å². The fraction of sp³-hybridized carbons (Fsp3) is 0.875. The summed E-state index contributed by atoms with van der Waals surface area (Å²) in [4.78, 5) is 12.5. The van der Waals surface area contributed by atoms with Crippen LogP contribution in [0.3, 0.4) is 0 Å². The molecule has 30 heavy (non-hydrogen) atoms. The monoisotopic (exact) mass is 458 g/mol. The van der Waals surface area contributed by atoms with Crippen molar-refractivity contribution in [3.63, 3.8) is 0 Å². The van der Waals surface area contributed by atoms with Crippen molar-refractivity contribution in [2.45, 2.75) is 136 Å². The summed E-state index contributed by atoms with van der Waals surface area (Å²) in [6, 6.07) is 0. The van der Waals surface area contributed by atoms with E-state index in [-0.39, 0.29) is 22.1 Å². The third kappa shape index (κ3) is 10.1. The van der Waals surface area contributed by atoms with Gasteiger partial charge < -0.3 is 13.6 Å². The lowest BCUT2D eigenvalue weighted by Gasteiger charge is -2.40. The molecule has 1 atom stereocenters. The van der Waals surface area contributed by atoms with Crippen molar-refractivity contribution < 1.29 is 18.4 Å². The van der Waals surface area contributed by atoms with Gasteiger partial charge in [0.25, 0.3) is 0 Å². The summed E-state index contributed by atoms with van der Waals surface area (Å²) in [5.41, 5.74) is -0.521. The fourth-order valence-corrected chi connectivity index (χ4v) is 4.93. The highest BCUT2D eigenvalue weighted by Crippen LogP contribution is 2.40. The predicted octanol–water partition coefficient (Wildman–Crippen LogP) is 7.81. The van der Waals surface area contributed by atoms with Gasteiger partial charge in [-0.2, -0.15) is 0 Å². The van der Waals surface area contributed by atoms with Crippen molar-refractivity contribution in [3.8, 4) is 0 Å². The quantitative estimate of drug-likeness (QED) is 0.153. The summed E-state index contributed by atoms with van der Waals surface area (Å²) in [5.74, 6) is 0.391. The number of allylic oxidation sites excluding steroid dienone is 1. The summed E-state index contributed by atoms with van der Waals surface area (Å²) in [7, 11) is -3.91. The van der Waals surface area contributed by atoms with Crippen LogP contribution < -0.4 is 0 Å². The van der Waals surface area contributed by atoms with Gasteiger partial charge in [-0.15, -0.1) is 0 Å². The van der Waals surface area contributed by atoms with Crippen molar-refractivity contribution in [2.75, 3.05) is 0 Å². The number of carbonyl (C=O) groups excluding carboxylic acids is 1. The van der Waals surface area contributed by atoms with Gasteiger partial charge in [0.05, 0.1) is 11.8 Å². The van der Waals surface area contributed by atoms with Crippen LogP contribution in [0.5, 0.6) is 0 Å². The van der Waals surface area contributed by atoms with Crippen LogP contribution in [0.15, 0.2) is 11.8 Å². The Balaban J connectivity index is 5.54. The highest BCUT2D eigenvalue weighted by Gasteiger charge is 2.40. The first-order chi connectivity index (χ1) is 13.1. The van der Waals surface area contributed by atoms with Crippen molar-refractivity contribution in [1.29, 1.82) is 0 Å². The molecule has 0 N–H and O–H groups in total. The first-order valence-electron chi connectivity index (χ1n) is 11.4. The molecule has 0 amide bonds. The lowest BCUT2D eigenvalue weighted by molar-refractivity contribution is -0.148. The number of ether oxygens (including phenoxy) is 1. The van der Waals surface area contributed by atoms with Crippen LogP contribution in [-0.2, 0) is 18.4 Å². The van der Waals surface area contributed by atoms with Gasteiger partial charge in [-0.1, -0.05) is 48.5 Å². The molecule has 0 aliphatic carbocycles. The Morgan fingerprint density at radius 3 is 1.70 bits per heavy atom. The molecule has 0 heterocycles. The second-order valence-corrected chi connectivity index (χ2v) is 21.9. The van der Waals surface area contributed by atoms with Gasteiger partial charge in [-0.3, -0.25) is 0 Å². The minimum atomic E-state index is -2.06. The third-order valence-corrected chi connectivity index (χ3v) is 15.2. The van der Waals surface area contributed by atoms with Crippen molar-refractivity contribution >= 4 is 22.6 Å². The fourth-order valence-electron chi connectivity index (χ4n) is 2.34. The highest BCUT2D eigenvalue weighted by molar-refractivity contribution is 6.74. The molecule has 0 saturated heterocycles. The lowest BCUT2D eigenvalue weighted by atomic mass is 10.1. The summed E-state index contributed by atoms with van der Waals surface area (Å²) in [5, 5.41) is 0.231. The molecule has 178 valence electrons. The van der Waals surface area contributed by atoms with E-state index in [1.165, 1.54) is 0 Å². The number of rotatable bonds is 9. The van der Waals surface area contributed by atoms with E-state index in [9.17, 15) is 4.79 Å². The summed E-state index contributed by atoms with van der Waals surface area (Å²) < 4.78 is 18.7. The zero-order valence-corrected chi connectivity index (χ0v) is 24.4. The van der Waals surface area contributed by atoms with Crippen LogP contribution in [0.2, 0.25) is 36.3 Å². The smallest absolute Gasteiger partial charge is 0.334 e. The van der Waals surface area contributed by atoms with Gasteiger partial charge in [0, 0.05) is 12.5 Å². The van der Waals surface area contributed by atoms with Crippen LogP contribution in [0.4, 0.5) is 0 Å². The molecule has 0 saturated carbocycles. The predicted molar refractivity (Wildman–Crippen MR) is 134 cm³/mol. The van der Waals surface area contributed by atoms with Gasteiger partial charge >= 0.3 is 5.97 Å². The Hall–Kier alpha value is -0.596. The largest absolute Gasteiger partial charge is 0.546 e. The molecular formula is C24H50O4Si2. The minimum absolute atomic E-state index is 0.0574. The standard InChI is InChI=1S/C24H50O4Si2/c1-15-19(27-29(11,12)23(5,6)7)16-17-20(18-21(25)26-22(2,3)4)28-30(13,14)24(8,9)10/h18-19H,15-17H2,1-14H3/b20-18+. The van der Waals surface area contributed by atoms with E-state index < -0.39 is 22.2 Å². The Morgan fingerprint density at radius 2 is 1.33 bits per heavy atom. The normalized spacial score (nSPS) is 15.7. The van der Waals surface area contributed by atoms with Crippen LogP contribution in [0, 0.1) is 0 Å². The average molecular weight is 459 g/mol. The second-order valence-electron chi connectivity index (χ2n) is 12.5. The molecule has 0 radical (unpaired) electrons. The van der Waals surface area contributed by atoms with Gasteiger partial charge in [-0.05, 0) is 69.9 Å². The lowest BCUT2D eigenvalue weighted by Crippen LogP contribution is -2.44. The average Bonchev–Trinajstić information content (AvgIpc) is 2.46.